The zero-order valence-corrected chi connectivity index (χ0v) is 7.45. The van der Waals surface area contributed by atoms with Gasteiger partial charge < -0.3 is 5.11 Å². The lowest BCUT2D eigenvalue weighted by Crippen LogP contribution is -2.07. The van der Waals surface area contributed by atoms with Gasteiger partial charge in [0.1, 0.15) is 0 Å². The summed E-state index contributed by atoms with van der Waals surface area (Å²) in [6.07, 6.45) is 2.92. The van der Waals surface area contributed by atoms with Crippen molar-refractivity contribution in [3.8, 4) is 0 Å². The second-order valence-corrected chi connectivity index (χ2v) is 4.28. The average molecular weight is 202 g/mol. The predicted molar refractivity (Wildman–Crippen MR) is 42.1 cm³/mol. The molecule has 0 atom stereocenters. The van der Waals surface area contributed by atoms with Crippen molar-refractivity contribution in [3.05, 3.63) is 18.1 Å². The van der Waals surface area contributed by atoms with Crippen LogP contribution in [0.5, 0.6) is 0 Å². The fourth-order valence-electron chi connectivity index (χ4n) is 0.630. The van der Waals surface area contributed by atoms with Gasteiger partial charge in [0, 0.05) is 6.26 Å². The molecular weight excluding hydrogens is 196 g/mol. The second-order valence-electron chi connectivity index (χ2n) is 2.32. The lowest BCUT2D eigenvalue weighted by molar-refractivity contribution is 0.0689. The van der Waals surface area contributed by atoms with Crippen molar-refractivity contribution < 1.29 is 18.3 Å². The molecule has 0 bridgehead atoms. The molecule has 0 aliphatic carbocycles. The van der Waals surface area contributed by atoms with Crippen LogP contribution >= 0.6 is 0 Å². The van der Waals surface area contributed by atoms with E-state index in [1.165, 1.54) is 0 Å². The maximum Gasteiger partial charge on any atom is 0.356 e. The summed E-state index contributed by atoms with van der Waals surface area (Å²) in [5.74, 6) is -1.31. The first kappa shape index (κ1) is 9.59. The van der Waals surface area contributed by atoms with Crippen LogP contribution in [0.2, 0.25) is 0 Å². The molecule has 1 heterocycles. The van der Waals surface area contributed by atoms with Crippen molar-refractivity contribution >= 4 is 15.8 Å². The van der Waals surface area contributed by atoms with Gasteiger partial charge in [0.15, 0.2) is 20.6 Å². The van der Waals surface area contributed by atoms with Gasteiger partial charge in [0.25, 0.3) is 0 Å². The van der Waals surface area contributed by atoms with E-state index in [-0.39, 0.29) is 10.7 Å². The van der Waals surface area contributed by atoms with Gasteiger partial charge in [-0.1, -0.05) is 0 Å². The molecule has 0 spiro atoms. The van der Waals surface area contributed by atoms with Gasteiger partial charge in [-0.2, -0.15) is 0 Å². The summed E-state index contributed by atoms with van der Waals surface area (Å²) in [4.78, 5) is 17.2. The van der Waals surface area contributed by atoms with Crippen molar-refractivity contribution in [1.82, 2.24) is 9.97 Å². The Morgan fingerprint density at radius 1 is 1.46 bits per heavy atom. The van der Waals surface area contributed by atoms with E-state index < -0.39 is 15.8 Å². The molecule has 1 aromatic heterocycles. The number of hydrogen-bond donors (Lipinski definition) is 1. The normalized spacial score (nSPS) is 11.2. The lowest BCUT2D eigenvalue weighted by atomic mass is 10.5. The Kier molecular flexibility index (Phi) is 2.28. The molecule has 0 aliphatic heterocycles. The number of aromatic carboxylic acids is 1. The van der Waals surface area contributed by atoms with Crippen LogP contribution in [0.15, 0.2) is 17.4 Å². The summed E-state index contributed by atoms with van der Waals surface area (Å²) in [6, 6.07) is 0. The van der Waals surface area contributed by atoms with Gasteiger partial charge in [0.05, 0.1) is 12.4 Å². The molecule has 0 aliphatic rings. The van der Waals surface area contributed by atoms with Crippen LogP contribution in [0, 0.1) is 0 Å². The minimum absolute atomic E-state index is 0.340. The fourth-order valence-corrected chi connectivity index (χ4v) is 1.15. The van der Waals surface area contributed by atoms with Gasteiger partial charge in [-0.3, -0.25) is 4.98 Å². The van der Waals surface area contributed by atoms with Crippen LogP contribution in [-0.4, -0.2) is 35.7 Å². The molecule has 70 valence electrons. The Hall–Kier alpha value is -1.50. The highest BCUT2D eigenvalue weighted by Crippen LogP contribution is 2.03. The smallest absolute Gasteiger partial charge is 0.356 e. The Labute approximate surface area is 74.2 Å². The summed E-state index contributed by atoms with van der Waals surface area (Å²) in [5, 5.41) is 8.14. The molecule has 7 heteroatoms. The summed E-state index contributed by atoms with van der Waals surface area (Å²) < 4.78 is 21.8. The highest BCUT2D eigenvalue weighted by atomic mass is 32.2. The molecule has 0 fully saturated rings. The Balaban J connectivity index is 3.29. The van der Waals surface area contributed by atoms with E-state index in [2.05, 4.69) is 9.97 Å². The molecule has 0 radical (unpaired) electrons. The van der Waals surface area contributed by atoms with Gasteiger partial charge in [-0.25, -0.2) is 18.2 Å². The number of rotatable bonds is 2. The van der Waals surface area contributed by atoms with E-state index in [4.69, 9.17) is 5.11 Å². The number of carboxylic acid groups (broad SMARTS) is 1. The zero-order chi connectivity index (χ0) is 10.1. The molecular formula is C6H6N2O4S. The van der Waals surface area contributed by atoms with E-state index >= 15 is 0 Å². The third-order valence-corrected chi connectivity index (χ3v) is 2.17. The molecule has 6 nitrogen and oxygen atoms in total. The highest BCUT2D eigenvalue weighted by Gasteiger charge is 2.12. The third kappa shape index (κ3) is 2.22. The van der Waals surface area contributed by atoms with Crippen molar-refractivity contribution in [2.75, 3.05) is 6.26 Å². The summed E-state index contributed by atoms with van der Waals surface area (Å²) in [7, 11) is -3.50. The Morgan fingerprint density at radius 3 is 2.54 bits per heavy atom. The van der Waals surface area contributed by atoms with E-state index in [1.807, 2.05) is 0 Å². The fraction of sp³-hybridized carbons (Fsp3) is 0.167. The largest absolute Gasteiger partial charge is 0.476 e. The zero-order valence-electron chi connectivity index (χ0n) is 6.63. The van der Waals surface area contributed by atoms with Crippen LogP contribution in [0.25, 0.3) is 0 Å². The van der Waals surface area contributed by atoms with Crippen molar-refractivity contribution in [1.29, 1.82) is 0 Å². The molecule has 0 amide bonds. The van der Waals surface area contributed by atoms with Crippen LogP contribution in [-0.2, 0) is 9.84 Å². The number of carboxylic acids is 1. The van der Waals surface area contributed by atoms with Crippen LogP contribution in [0.1, 0.15) is 10.5 Å². The summed E-state index contributed by atoms with van der Waals surface area (Å²) in [5.41, 5.74) is -0.386. The van der Waals surface area contributed by atoms with Crippen molar-refractivity contribution in [2.24, 2.45) is 0 Å². The van der Waals surface area contributed by atoms with E-state index in [9.17, 15) is 13.2 Å². The molecule has 0 saturated carbocycles. The predicted octanol–water partition coefficient (Wildman–Crippen LogP) is -0.422. The van der Waals surface area contributed by atoms with Crippen LogP contribution in [0.3, 0.4) is 0 Å². The van der Waals surface area contributed by atoms with E-state index in [0.717, 1.165) is 18.6 Å². The standard InChI is InChI=1S/C6H6N2O4S/c1-13(11,12)5-3-7-2-4(8-5)6(9)10/h2-3H,1H3,(H,9,10). The molecule has 13 heavy (non-hydrogen) atoms. The summed E-state index contributed by atoms with van der Waals surface area (Å²) in [6.45, 7) is 0. The quantitative estimate of drug-likeness (QED) is 0.699. The summed E-state index contributed by atoms with van der Waals surface area (Å²) >= 11 is 0. The van der Waals surface area contributed by atoms with Crippen molar-refractivity contribution in [2.45, 2.75) is 5.03 Å². The Morgan fingerprint density at radius 2 is 2.08 bits per heavy atom. The maximum absolute atomic E-state index is 10.9. The molecule has 0 unspecified atom stereocenters. The number of carbonyl (C=O) groups is 1. The molecule has 1 rings (SSSR count). The van der Waals surface area contributed by atoms with Gasteiger partial charge in [0.2, 0.25) is 0 Å². The lowest BCUT2D eigenvalue weighted by Gasteiger charge is -1.96. The number of hydrogen-bond acceptors (Lipinski definition) is 5. The van der Waals surface area contributed by atoms with E-state index in [0.29, 0.717) is 0 Å². The average Bonchev–Trinajstić information content (AvgIpc) is 2.03. The van der Waals surface area contributed by atoms with Crippen molar-refractivity contribution in [3.63, 3.8) is 0 Å². The van der Waals surface area contributed by atoms with Gasteiger partial charge >= 0.3 is 5.97 Å². The highest BCUT2D eigenvalue weighted by molar-refractivity contribution is 7.90. The number of nitrogens with zero attached hydrogens (tertiary/aromatic N) is 2. The minimum Gasteiger partial charge on any atom is -0.476 e. The van der Waals surface area contributed by atoms with Gasteiger partial charge in [-0.15, -0.1) is 0 Å². The Bertz CT molecular complexity index is 440. The number of sulfone groups is 1. The first-order chi connectivity index (χ1) is 5.91. The topological polar surface area (TPSA) is 97.2 Å². The first-order valence-corrected chi connectivity index (χ1v) is 5.06. The third-order valence-electron chi connectivity index (χ3n) is 1.21. The molecule has 1 aromatic rings. The van der Waals surface area contributed by atoms with E-state index in [1.54, 1.807) is 0 Å². The first-order valence-electron chi connectivity index (χ1n) is 3.16. The van der Waals surface area contributed by atoms with Gasteiger partial charge in [-0.05, 0) is 0 Å². The molecule has 0 aromatic carbocycles. The SMILES string of the molecule is CS(=O)(=O)c1cncc(C(=O)O)n1. The van der Waals surface area contributed by atoms with Crippen LogP contribution < -0.4 is 0 Å². The molecule has 0 saturated heterocycles. The monoisotopic (exact) mass is 202 g/mol. The minimum atomic E-state index is -3.50. The van der Waals surface area contributed by atoms with Crippen LogP contribution in [0.4, 0.5) is 0 Å². The maximum atomic E-state index is 10.9. The second kappa shape index (κ2) is 3.09. The number of aromatic nitrogens is 2. The molecule has 1 N–H and O–H groups in total.